The van der Waals surface area contributed by atoms with Crippen molar-refractivity contribution in [2.45, 2.75) is 17.4 Å². The third kappa shape index (κ3) is 3.92. The van der Waals surface area contributed by atoms with E-state index >= 15 is 0 Å². The molecule has 0 spiro atoms. The number of anilines is 1. The Balaban J connectivity index is 1.92. The molecule has 0 N–H and O–H groups in total. The maximum Gasteiger partial charge on any atom is 0.171 e. The Labute approximate surface area is 159 Å². The molecular formula is C17H19Cl2N3O2S. The molecule has 25 heavy (non-hydrogen) atoms. The molecule has 0 aliphatic carbocycles. The quantitative estimate of drug-likeness (QED) is 0.800. The van der Waals surface area contributed by atoms with Crippen LogP contribution in [0.4, 0.5) is 5.82 Å². The summed E-state index contributed by atoms with van der Waals surface area (Å²) < 4.78 is 22.5. The van der Waals surface area contributed by atoms with E-state index in [1.165, 1.54) is 0 Å². The summed E-state index contributed by atoms with van der Waals surface area (Å²) in [5.74, 6) is 0.896. The molecular weight excluding hydrogens is 381 g/mol. The van der Waals surface area contributed by atoms with Crippen molar-refractivity contribution in [2.24, 2.45) is 0 Å². The second-order valence-electron chi connectivity index (χ2n) is 6.30. The van der Waals surface area contributed by atoms with Gasteiger partial charge in [0.25, 0.3) is 0 Å². The molecule has 1 saturated heterocycles. The first-order valence-corrected chi connectivity index (χ1v) is 9.81. The number of pyridine rings is 1. The van der Waals surface area contributed by atoms with Crippen LogP contribution in [0.15, 0.2) is 35.4 Å². The zero-order valence-corrected chi connectivity index (χ0v) is 16.4. The van der Waals surface area contributed by atoms with Crippen LogP contribution in [0.2, 0.25) is 10.0 Å². The van der Waals surface area contributed by atoms with Gasteiger partial charge in [-0.25, -0.2) is 13.4 Å². The van der Waals surface area contributed by atoms with Crippen LogP contribution in [0.5, 0.6) is 0 Å². The highest BCUT2D eigenvalue weighted by Crippen LogP contribution is 2.34. The number of halogens is 2. The lowest BCUT2D eigenvalue weighted by Crippen LogP contribution is -2.31. The van der Waals surface area contributed by atoms with Gasteiger partial charge in [0.15, 0.2) is 10.7 Å². The van der Waals surface area contributed by atoms with E-state index in [1.54, 1.807) is 18.3 Å². The Morgan fingerprint density at radius 2 is 1.84 bits per heavy atom. The molecule has 134 valence electrons. The Hall–Kier alpha value is -1.34. The van der Waals surface area contributed by atoms with Gasteiger partial charge in [0, 0.05) is 25.3 Å². The van der Waals surface area contributed by atoms with Crippen molar-refractivity contribution in [3.8, 4) is 11.1 Å². The molecule has 1 aromatic heterocycles. The lowest BCUT2D eigenvalue weighted by Gasteiger charge is -2.21. The standard InChI is InChI=1S/C17H19Cl2N3O2S/c1-21(2)13-4-6-22(10-13)16-9-11(3-5-20-16)12-7-14(18)17(25(23)24)15(19)8-12/h3,5,7-9,13,25H,4,6,10H2,1-2H3. The fourth-order valence-corrected chi connectivity index (χ4v) is 4.43. The van der Waals surface area contributed by atoms with Gasteiger partial charge in [-0.15, -0.1) is 0 Å². The zero-order chi connectivity index (χ0) is 18.1. The van der Waals surface area contributed by atoms with Crippen LogP contribution in [0, 0.1) is 0 Å². The van der Waals surface area contributed by atoms with Crippen LogP contribution in [-0.2, 0) is 10.7 Å². The SMILES string of the molecule is CN(C)C1CCN(c2cc(-c3cc(Cl)c([SH](=O)=O)c(Cl)c3)ccn2)C1. The van der Waals surface area contributed by atoms with Gasteiger partial charge >= 0.3 is 0 Å². The number of likely N-dealkylation sites (N-methyl/N-ethyl adjacent to an activating group) is 1. The summed E-state index contributed by atoms with van der Waals surface area (Å²) in [5.41, 5.74) is 1.66. The van der Waals surface area contributed by atoms with Crippen LogP contribution in [0.3, 0.4) is 0 Å². The monoisotopic (exact) mass is 399 g/mol. The molecule has 1 atom stereocenters. The highest BCUT2D eigenvalue weighted by atomic mass is 35.5. The molecule has 2 heterocycles. The van der Waals surface area contributed by atoms with E-state index in [0.29, 0.717) is 6.04 Å². The van der Waals surface area contributed by atoms with Crippen molar-refractivity contribution in [3.63, 3.8) is 0 Å². The molecule has 8 heteroatoms. The highest BCUT2D eigenvalue weighted by Gasteiger charge is 2.25. The Kier molecular flexibility index (Phi) is 5.53. The Morgan fingerprint density at radius 3 is 2.40 bits per heavy atom. The van der Waals surface area contributed by atoms with Crippen LogP contribution < -0.4 is 4.90 Å². The topological polar surface area (TPSA) is 53.5 Å². The van der Waals surface area contributed by atoms with Gasteiger partial charge < -0.3 is 9.80 Å². The van der Waals surface area contributed by atoms with Crippen molar-refractivity contribution >= 4 is 39.7 Å². The van der Waals surface area contributed by atoms with Gasteiger partial charge in [-0.2, -0.15) is 0 Å². The van der Waals surface area contributed by atoms with Crippen molar-refractivity contribution in [1.29, 1.82) is 0 Å². The maximum atomic E-state index is 11.3. The molecule has 1 aliphatic rings. The van der Waals surface area contributed by atoms with Gasteiger partial charge in [-0.3, -0.25) is 0 Å². The van der Waals surface area contributed by atoms with E-state index in [1.807, 2.05) is 12.1 Å². The zero-order valence-electron chi connectivity index (χ0n) is 13.9. The van der Waals surface area contributed by atoms with E-state index in [-0.39, 0.29) is 14.9 Å². The predicted octanol–water partition coefficient (Wildman–Crippen LogP) is 3.17. The molecule has 5 nitrogen and oxygen atoms in total. The molecule has 2 aromatic rings. The van der Waals surface area contributed by atoms with Crippen LogP contribution in [0.25, 0.3) is 11.1 Å². The molecule has 1 aliphatic heterocycles. The average molecular weight is 400 g/mol. The summed E-state index contributed by atoms with van der Waals surface area (Å²) in [6, 6.07) is 7.61. The number of benzene rings is 1. The van der Waals surface area contributed by atoms with Gasteiger partial charge in [-0.05, 0) is 55.9 Å². The number of thiol groups is 1. The van der Waals surface area contributed by atoms with Crippen molar-refractivity contribution in [2.75, 3.05) is 32.1 Å². The van der Waals surface area contributed by atoms with Gasteiger partial charge in [0.05, 0.1) is 10.0 Å². The van der Waals surface area contributed by atoms with E-state index in [4.69, 9.17) is 23.2 Å². The summed E-state index contributed by atoms with van der Waals surface area (Å²) in [4.78, 5) is 8.92. The molecule has 3 rings (SSSR count). The van der Waals surface area contributed by atoms with Crippen LogP contribution >= 0.6 is 23.2 Å². The molecule has 1 unspecified atom stereocenters. The van der Waals surface area contributed by atoms with Crippen LogP contribution in [0.1, 0.15) is 6.42 Å². The minimum absolute atomic E-state index is 0.0373. The fraction of sp³-hybridized carbons (Fsp3) is 0.353. The number of aromatic nitrogens is 1. The van der Waals surface area contributed by atoms with E-state index in [0.717, 1.165) is 36.5 Å². The van der Waals surface area contributed by atoms with Crippen LogP contribution in [-0.4, -0.2) is 51.5 Å². The minimum atomic E-state index is -2.83. The number of hydrogen-bond acceptors (Lipinski definition) is 5. The van der Waals surface area contributed by atoms with Crippen molar-refractivity contribution in [3.05, 3.63) is 40.5 Å². The summed E-state index contributed by atoms with van der Waals surface area (Å²) in [5, 5.41) is 0.261. The molecule has 0 radical (unpaired) electrons. The Morgan fingerprint density at radius 1 is 1.16 bits per heavy atom. The minimum Gasteiger partial charge on any atom is -0.355 e. The smallest absolute Gasteiger partial charge is 0.171 e. The number of nitrogens with zero attached hydrogens (tertiary/aromatic N) is 3. The first kappa shape index (κ1) is 18.5. The second-order valence-corrected chi connectivity index (χ2v) is 8.08. The third-order valence-corrected chi connectivity index (χ3v) is 6.20. The molecule has 1 aromatic carbocycles. The highest BCUT2D eigenvalue weighted by molar-refractivity contribution is 7.72. The summed E-state index contributed by atoms with van der Waals surface area (Å²) in [6.45, 7) is 1.89. The van der Waals surface area contributed by atoms with Crippen molar-refractivity contribution in [1.82, 2.24) is 9.88 Å². The summed E-state index contributed by atoms with van der Waals surface area (Å²) in [6.07, 6.45) is 2.85. The normalized spacial score (nSPS) is 17.7. The fourth-order valence-electron chi connectivity index (χ4n) is 3.05. The maximum absolute atomic E-state index is 11.3. The van der Waals surface area contributed by atoms with E-state index in [2.05, 4.69) is 28.9 Å². The summed E-state index contributed by atoms with van der Waals surface area (Å²) >= 11 is 12.2. The second kappa shape index (κ2) is 7.50. The Bertz CT molecular complexity index is 840. The lowest BCUT2D eigenvalue weighted by atomic mass is 10.1. The molecule has 0 saturated carbocycles. The largest absolute Gasteiger partial charge is 0.355 e. The van der Waals surface area contributed by atoms with E-state index < -0.39 is 10.7 Å². The van der Waals surface area contributed by atoms with Crippen molar-refractivity contribution < 1.29 is 8.42 Å². The number of rotatable bonds is 4. The van der Waals surface area contributed by atoms with Gasteiger partial charge in [0.1, 0.15) is 10.7 Å². The predicted molar refractivity (Wildman–Crippen MR) is 103 cm³/mol. The molecule has 0 bridgehead atoms. The first-order chi connectivity index (χ1) is 11.9. The molecule has 1 fully saturated rings. The number of hydrogen-bond donors (Lipinski definition) is 1. The first-order valence-electron chi connectivity index (χ1n) is 7.88. The van der Waals surface area contributed by atoms with E-state index in [9.17, 15) is 8.42 Å². The average Bonchev–Trinajstić information content (AvgIpc) is 3.04. The van der Waals surface area contributed by atoms with Gasteiger partial charge in [0.2, 0.25) is 0 Å². The molecule has 0 amide bonds. The van der Waals surface area contributed by atoms with Gasteiger partial charge in [-0.1, -0.05) is 23.2 Å². The third-order valence-electron chi connectivity index (χ3n) is 4.50. The summed E-state index contributed by atoms with van der Waals surface area (Å²) in [7, 11) is 1.34. The lowest BCUT2D eigenvalue weighted by molar-refractivity contribution is 0.315.